The quantitative estimate of drug-likeness (QED) is 0.772. The average Bonchev–Trinajstić information content (AvgIpc) is 2.28. The molecule has 1 N–H and O–H groups in total. The van der Waals surface area contributed by atoms with Gasteiger partial charge in [0.2, 0.25) is 0 Å². The van der Waals surface area contributed by atoms with Crippen molar-refractivity contribution < 1.29 is 9.13 Å². The smallest absolute Gasteiger partial charge is 0.144 e. The Labute approximate surface area is 101 Å². The van der Waals surface area contributed by atoms with Crippen molar-refractivity contribution in [1.29, 1.82) is 5.26 Å². The van der Waals surface area contributed by atoms with E-state index < -0.39 is 5.82 Å². The number of ether oxygens (including phenoxy) is 1. The third kappa shape index (κ3) is 4.41. The van der Waals surface area contributed by atoms with Crippen LogP contribution in [-0.2, 0) is 0 Å². The predicted molar refractivity (Wildman–Crippen MR) is 64.4 cm³/mol. The molecule has 0 saturated heterocycles. The minimum atomic E-state index is -0.537. The third-order valence-electron chi connectivity index (χ3n) is 2.22. The van der Waals surface area contributed by atoms with Gasteiger partial charge in [0.05, 0.1) is 6.61 Å². The van der Waals surface area contributed by atoms with Crippen molar-refractivity contribution in [2.75, 3.05) is 13.2 Å². The summed E-state index contributed by atoms with van der Waals surface area (Å²) < 4.78 is 18.6. The molecule has 0 fully saturated rings. The van der Waals surface area contributed by atoms with E-state index in [2.05, 4.69) is 19.2 Å². The highest BCUT2D eigenvalue weighted by molar-refractivity contribution is 5.43. The number of rotatable bonds is 6. The fourth-order valence-electron chi connectivity index (χ4n) is 1.38. The van der Waals surface area contributed by atoms with Crippen LogP contribution in [0.3, 0.4) is 0 Å². The summed E-state index contributed by atoms with van der Waals surface area (Å²) in [5.74, 6) is -0.220. The first kappa shape index (κ1) is 13.5. The summed E-state index contributed by atoms with van der Waals surface area (Å²) in [5.41, 5.74) is -0.0238. The van der Waals surface area contributed by atoms with Crippen molar-refractivity contribution in [3.63, 3.8) is 0 Å². The lowest BCUT2D eigenvalue weighted by Crippen LogP contribution is -2.24. The van der Waals surface area contributed by atoms with Crippen molar-refractivity contribution in [3.8, 4) is 11.8 Å². The zero-order valence-corrected chi connectivity index (χ0v) is 10.2. The molecule has 1 aromatic carbocycles. The molecule has 0 aromatic heterocycles. The molecule has 0 heterocycles. The van der Waals surface area contributed by atoms with E-state index in [1.807, 2.05) is 6.07 Å². The Bertz CT molecular complexity index is 399. The SMILES string of the molecule is CC(C)NCCCOc1cccc(F)c1C#N. The molecule has 1 aromatic rings. The Kier molecular flexibility index (Phi) is 5.44. The summed E-state index contributed by atoms with van der Waals surface area (Å²) in [5, 5.41) is 12.0. The molecular formula is C13H17FN2O. The number of nitrogens with zero attached hydrogens (tertiary/aromatic N) is 1. The maximum atomic E-state index is 13.2. The van der Waals surface area contributed by atoms with E-state index in [4.69, 9.17) is 10.00 Å². The van der Waals surface area contributed by atoms with Crippen LogP contribution in [0.2, 0.25) is 0 Å². The lowest BCUT2D eigenvalue weighted by Gasteiger charge is -2.10. The van der Waals surface area contributed by atoms with Crippen LogP contribution in [0.4, 0.5) is 4.39 Å². The summed E-state index contributed by atoms with van der Waals surface area (Å²) in [6, 6.07) is 6.65. The van der Waals surface area contributed by atoms with E-state index in [1.54, 1.807) is 6.07 Å². The van der Waals surface area contributed by atoms with E-state index >= 15 is 0 Å². The zero-order valence-electron chi connectivity index (χ0n) is 10.2. The first-order chi connectivity index (χ1) is 8.15. The summed E-state index contributed by atoms with van der Waals surface area (Å²) in [6.07, 6.45) is 0.819. The molecule has 0 saturated carbocycles. The zero-order chi connectivity index (χ0) is 12.7. The fourth-order valence-corrected chi connectivity index (χ4v) is 1.38. The molecule has 0 aliphatic heterocycles. The predicted octanol–water partition coefficient (Wildman–Crippen LogP) is 2.46. The van der Waals surface area contributed by atoms with Crippen molar-refractivity contribution in [2.24, 2.45) is 0 Å². The van der Waals surface area contributed by atoms with Crippen LogP contribution in [0, 0.1) is 17.1 Å². The highest BCUT2D eigenvalue weighted by Crippen LogP contribution is 2.20. The highest BCUT2D eigenvalue weighted by Gasteiger charge is 2.08. The maximum absolute atomic E-state index is 13.2. The van der Waals surface area contributed by atoms with E-state index in [0.29, 0.717) is 18.4 Å². The molecule has 17 heavy (non-hydrogen) atoms. The van der Waals surface area contributed by atoms with Crippen molar-refractivity contribution in [2.45, 2.75) is 26.3 Å². The van der Waals surface area contributed by atoms with E-state index in [-0.39, 0.29) is 5.56 Å². The monoisotopic (exact) mass is 236 g/mol. The van der Waals surface area contributed by atoms with E-state index in [9.17, 15) is 4.39 Å². The maximum Gasteiger partial charge on any atom is 0.144 e. The van der Waals surface area contributed by atoms with Gasteiger partial charge in [-0.2, -0.15) is 5.26 Å². The molecule has 92 valence electrons. The summed E-state index contributed by atoms with van der Waals surface area (Å²) in [4.78, 5) is 0. The van der Waals surface area contributed by atoms with Crippen molar-refractivity contribution in [1.82, 2.24) is 5.32 Å². The van der Waals surface area contributed by atoms with Crippen LogP contribution in [0.25, 0.3) is 0 Å². The van der Waals surface area contributed by atoms with Gasteiger partial charge in [0, 0.05) is 6.04 Å². The molecule has 0 radical (unpaired) electrons. The van der Waals surface area contributed by atoms with Gasteiger partial charge in [0.25, 0.3) is 0 Å². The van der Waals surface area contributed by atoms with Crippen LogP contribution < -0.4 is 10.1 Å². The minimum absolute atomic E-state index is 0.0238. The van der Waals surface area contributed by atoms with Gasteiger partial charge >= 0.3 is 0 Å². The molecule has 3 nitrogen and oxygen atoms in total. The molecule has 0 amide bonds. The second-order valence-corrected chi connectivity index (χ2v) is 4.04. The number of benzene rings is 1. The summed E-state index contributed by atoms with van der Waals surface area (Å²) >= 11 is 0. The molecule has 0 unspecified atom stereocenters. The largest absolute Gasteiger partial charge is 0.492 e. The molecule has 0 spiro atoms. The standard InChI is InChI=1S/C13H17FN2O/c1-10(2)16-7-4-8-17-13-6-3-5-12(14)11(13)9-15/h3,5-6,10,16H,4,7-8H2,1-2H3. The van der Waals surface area contributed by atoms with Gasteiger partial charge in [-0.05, 0) is 25.1 Å². The third-order valence-corrected chi connectivity index (χ3v) is 2.22. The summed E-state index contributed by atoms with van der Waals surface area (Å²) in [6.45, 7) is 5.45. The van der Waals surface area contributed by atoms with Gasteiger partial charge < -0.3 is 10.1 Å². The van der Waals surface area contributed by atoms with Crippen LogP contribution in [0.1, 0.15) is 25.8 Å². The number of hydrogen-bond acceptors (Lipinski definition) is 3. The molecule has 0 bridgehead atoms. The van der Waals surface area contributed by atoms with Crippen LogP contribution in [0.15, 0.2) is 18.2 Å². The van der Waals surface area contributed by atoms with Gasteiger partial charge in [-0.15, -0.1) is 0 Å². The number of hydrogen-bond donors (Lipinski definition) is 1. The van der Waals surface area contributed by atoms with Gasteiger partial charge in [-0.1, -0.05) is 19.9 Å². The van der Waals surface area contributed by atoms with Crippen molar-refractivity contribution in [3.05, 3.63) is 29.6 Å². The first-order valence-electron chi connectivity index (χ1n) is 5.70. The van der Waals surface area contributed by atoms with Crippen LogP contribution in [0.5, 0.6) is 5.75 Å². The van der Waals surface area contributed by atoms with Gasteiger partial charge in [-0.25, -0.2) is 4.39 Å². The van der Waals surface area contributed by atoms with Crippen LogP contribution >= 0.6 is 0 Å². The topological polar surface area (TPSA) is 45.0 Å². The Balaban J connectivity index is 2.42. The first-order valence-corrected chi connectivity index (χ1v) is 5.70. The van der Waals surface area contributed by atoms with Crippen LogP contribution in [-0.4, -0.2) is 19.2 Å². The van der Waals surface area contributed by atoms with Gasteiger partial charge in [0.15, 0.2) is 0 Å². The molecule has 0 atom stereocenters. The lowest BCUT2D eigenvalue weighted by atomic mass is 10.2. The molecule has 4 heteroatoms. The number of nitriles is 1. The molecule has 1 rings (SSSR count). The number of halogens is 1. The summed E-state index contributed by atoms with van der Waals surface area (Å²) in [7, 11) is 0. The molecule has 0 aliphatic rings. The lowest BCUT2D eigenvalue weighted by molar-refractivity contribution is 0.304. The minimum Gasteiger partial charge on any atom is -0.492 e. The Morgan fingerprint density at radius 1 is 1.47 bits per heavy atom. The normalized spacial score (nSPS) is 10.3. The second kappa shape index (κ2) is 6.87. The molecule has 0 aliphatic carbocycles. The van der Waals surface area contributed by atoms with Crippen molar-refractivity contribution >= 4 is 0 Å². The van der Waals surface area contributed by atoms with E-state index in [1.165, 1.54) is 12.1 Å². The number of nitrogens with one attached hydrogen (secondary N) is 1. The Hall–Kier alpha value is -1.60. The van der Waals surface area contributed by atoms with E-state index in [0.717, 1.165) is 13.0 Å². The Morgan fingerprint density at radius 3 is 2.88 bits per heavy atom. The average molecular weight is 236 g/mol. The second-order valence-electron chi connectivity index (χ2n) is 4.04. The highest BCUT2D eigenvalue weighted by atomic mass is 19.1. The van der Waals surface area contributed by atoms with Gasteiger partial charge in [0.1, 0.15) is 23.2 Å². The van der Waals surface area contributed by atoms with Gasteiger partial charge in [-0.3, -0.25) is 0 Å². The molecular weight excluding hydrogens is 219 g/mol. The Morgan fingerprint density at radius 2 is 2.24 bits per heavy atom. The fraction of sp³-hybridized carbons (Fsp3) is 0.462.